The van der Waals surface area contributed by atoms with Crippen molar-refractivity contribution in [2.24, 2.45) is 11.5 Å². The van der Waals surface area contributed by atoms with Crippen molar-refractivity contribution in [1.82, 2.24) is 49.8 Å². The van der Waals surface area contributed by atoms with Gasteiger partial charge in [0.05, 0.1) is 0 Å². The average molecular weight is 1240 g/mol. The predicted octanol–water partition coefficient (Wildman–Crippen LogP) is 4.11. The van der Waals surface area contributed by atoms with Crippen LogP contribution in [0.15, 0.2) is 133 Å². The summed E-state index contributed by atoms with van der Waals surface area (Å²) in [6.45, 7) is 9.23. The fourth-order valence-electron chi connectivity index (χ4n) is 6.94. The number of hydrogen-bond donors (Lipinski definition) is 9. The van der Waals surface area contributed by atoms with Gasteiger partial charge in [0.25, 0.3) is 6.47 Å². The van der Waals surface area contributed by atoms with Crippen LogP contribution >= 0.6 is 23.2 Å². The van der Waals surface area contributed by atoms with Crippen molar-refractivity contribution in [3.8, 4) is 0 Å². The molecule has 0 spiro atoms. The van der Waals surface area contributed by atoms with Crippen LogP contribution < -0.4 is 157 Å². The molecule has 0 bridgehead atoms. The van der Waals surface area contributed by atoms with E-state index < -0.39 is 0 Å². The monoisotopic (exact) mass is 1240 g/mol. The zero-order valence-corrected chi connectivity index (χ0v) is 55.2. The maximum atomic E-state index is 8.64. The molecule has 4 aromatic carbocycles. The number of rotatable bonds is 24. The number of carbonyl (C=O) groups excluding carboxylic acids is 1. The summed E-state index contributed by atoms with van der Waals surface area (Å²) in [5.74, 6) is 6.18. The van der Waals surface area contributed by atoms with Gasteiger partial charge < -0.3 is 65.0 Å². The molecule has 1 fully saturated rings. The molecule has 438 valence electrons. The van der Waals surface area contributed by atoms with Crippen LogP contribution in [0, 0.1) is 6.92 Å². The van der Waals surface area contributed by atoms with Gasteiger partial charge in [-0.25, -0.2) is 15.0 Å². The van der Waals surface area contributed by atoms with Crippen LogP contribution in [0.1, 0.15) is 71.8 Å². The minimum absolute atomic E-state index is 0. The fraction of sp³-hybridized carbons (Fsp3) is 0.316. The van der Waals surface area contributed by atoms with E-state index in [1.807, 2.05) is 134 Å². The molecule has 0 aliphatic carbocycles. The van der Waals surface area contributed by atoms with Crippen molar-refractivity contribution < 1.29 is 124 Å². The van der Waals surface area contributed by atoms with Crippen molar-refractivity contribution in [2.45, 2.75) is 72.6 Å². The van der Waals surface area contributed by atoms with Crippen LogP contribution in [0.4, 0.5) is 64.0 Å². The van der Waals surface area contributed by atoms with E-state index >= 15 is 0 Å². The second-order valence-electron chi connectivity index (χ2n) is 17.2. The number of hydrogen-bond acceptors (Lipinski definition) is 23. The van der Waals surface area contributed by atoms with E-state index in [2.05, 4.69) is 98.9 Å². The molecule has 0 saturated carbocycles. The van der Waals surface area contributed by atoms with E-state index in [0.717, 1.165) is 85.7 Å². The van der Waals surface area contributed by atoms with Gasteiger partial charge >= 0.3 is 103 Å². The number of halogens is 2. The third-order valence-electron chi connectivity index (χ3n) is 10.6. The van der Waals surface area contributed by atoms with Crippen molar-refractivity contribution in [3.63, 3.8) is 0 Å². The predicted molar refractivity (Wildman–Crippen MR) is 328 cm³/mol. The summed E-state index contributed by atoms with van der Waals surface area (Å²) in [6, 6.07) is 42.9. The minimum Gasteiger partial charge on any atom is -1.00 e. The Morgan fingerprint density at radius 2 is 0.964 bits per heavy atom. The number of unbranched alkanes of at least 4 members (excludes halogenated alkanes) is 1. The van der Waals surface area contributed by atoms with E-state index in [9.17, 15) is 0 Å². The Morgan fingerprint density at radius 1 is 0.548 bits per heavy atom. The third-order valence-corrected chi connectivity index (χ3v) is 11.0. The molecule has 9 rings (SSSR count). The number of benzene rings is 4. The molecular weight excluding hydrogens is 1160 g/mol. The maximum absolute atomic E-state index is 8.64. The molecule has 5 heterocycles. The van der Waals surface area contributed by atoms with Gasteiger partial charge in [-0.05, 0) is 99.2 Å². The molecule has 0 radical (unpaired) electrons. The van der Waals surface area contributed by atoms with Crippen molar-refractivity contribution in [3.05, 3.63) is 161 Å². The molecule has 0 amide bonds. The van der Waals surface area contributed by atoms with Crippen LogP contribution in [0.2, 0.25) is 10.4 Å². The number of aromatic nitrogens is 10. The van der Waals surface area contributed by atoms with Crippen LogP contribution in [0.5, 0.6) is 0 Å². The summed E-state index contributed by atoms with van der Waals surface area (Å²) in [4.78, 5) is 55.5. The van der Waals surface area contributed by atoms with Gasteiger partial charge in [0, 0.05) is 93.7 Å². The SMILES string of the molecule is C.C1CCOC1.CCCCNc1cc(Nc2ccccc2)nc(NCCCc2nc(C)nc(Nc3ccccc3)n2)n1.Clc1cc(Nc2ccccc2)nc(NCCCc2nc(Cl)nc(Nc3ccccc3)n2)n1.NCCN.O=CO[O-].[H-].[K+].[K+]. The minimum atomic E-state index is -0.181. The number of nitrogens with one attached hydrogen (secondary N) is 7. The third kappa shape index (κ3) is 32.4. The number of anilines is 11. The van der Waals surface area contributed by atoms with Crippen molar-refractivity contribution in [2.75, 3.05) is 83.2 Å². The Labute approximate surface area is 589 Å². The first-order chi connectivity index (χ1) is 39.6. The van der Waals surface area contributed by atoms with E-state index in [1.165, 1.54) is 12.8 Å². The van der Waals surface area contributed by atoms with Crippen LogP contribution in [-0.2, 0) is 27.3 Å². The second kappa shape index (κ2) is 46.1. The van der Waals surface area contributed by atoms with Gasteiger partial charge in [-0.1, -0.05) is 105 Å². The Morgan fingerprint density at radius 3 is 1.40 bits per heavy atom. The molecule has 0 atom stereocenters. The molecule has 1 saturated heterocycles. The molecular formula is C57H75Cl2K2N19O4. The largest absolute Gasteiger partial charge is 1.00 e. The molecule has 84 heavy (non-hydrogen) atoms. The maximum Gasteiger partial charge on any atom is 1.00 e. The van der Waals surface area contributed by atoms with E-state index in [-0.39, 0.29) is 123 Å². The van der Waals surface area contributed by atoms with E-state index in [0.29, 0.717) is 85.4 Å². The molecule has 8 aromatic rings. The molecule has 1 aliphatic heterocycles. The summed E-state index contributed by atoms with van der Waals surface area (Å²) >= 11 is 12.2. The molecule has 11 N–H and O–H groups in total. The molecule has 1 aliphatic rings. The smallest absolute Gasteiger partial charge is 1.00 e. The van der Waals surface area contributed by atoms with E-state index in [1.54, 1.807) is 6.07 Å². The van der Waals surface area contributed by atoms with Gasteiger partial charge in [-0.3, -0.25) is 4.79 Å². The van der Waals surface area contributed by atoms with Gasteiger partial charge in [-0.15, -0.1) is 0 Å². The molecule has 23 nitrogen and oxygen atoms in total. The first kappa shape index (κ1) is 74.9. The number of aryl methyl sites for hydroxylation is 3. The zero-order valence-electron chi connectivity index (χ0n) is 48.4. The number of para-hydroxylation sites is 4. The van der Waals surface area contributed by atoms with E-state index in [4.69, 9.17) is 49.5 Å². The summed E-state index contributed by atoms with van der Waals surface area (Å²) in [6.07, 6.45) is 7.64. The van der Waals surface area contributed by atoms with Crippen molar-refractivity contribution >= 4 is 93.7 Å². The van der Waals surface area contributed by atoms with Crippen LogP contribution in [-0.4, -0.2) is 102 Å². The first-order valence-corrected chi connectivity index (χ1v) is 27.2. The Balaban J connectivity index is 0.000000677. The van der Waals surface area contributed by atoms with Gasteiger partial charge in [0.2, 0.25) is 29.1 Å². The van der Waals surface area contributed by atoms with Crippen LogP contribution in [0.3, 0.4) is 0 Å². The number of ether oxygens (including phenoxy) is 1. The molecule has 0 unspecified atom stereocenters. The average Bonchev–Trinajstić information content (AvgIpc) is 4.13. The summed E-state index contributed by atoms with van der Waals surface area (Å²) in [7, 11) is 0. The summed E-state index contributed by atoms with van der Waals surface area (Å²) in [5.41, 5.74) is 13.5. The first-order valence-electron chi connectivity index (χ1n) is 26.4. The second-order valence-corrected chi connectivity index (χ2v) is 17.9. The van der Waals surface area contributed by atoms with Gasteiger partial charge in [-0.2, -0.15) is 34.9 Å². The zero-order chi connectivity index (χ0) is 57.5. The normalized spacial score (nSPS) is 10.6. The quantitative estimate of drug-likeness (QED) is 0.0103. The standard InChI is InChI=1S/C27H33N9.C22H20Cl2N8.C4H8O.C2H8N2.CH2O3.CH4.2K.H/c1-3-4-17-28-24-19-25(32-21-12-7-5-8-13-21)36-26(35-24)29-18-11-16-23-30-20(2)31-27(34-23)33-22-14-9-6-10-15-22;23-17-14-19(26-15-8-3-1-4-9-15)31-21(28-17)25-13-7-12-18-29-20(24)32-22(30-18)27-16-10-5-2-6-11-16;1-2-4-5-3-1;3-1-2-4;2-1-4-3;;;;/h5-10,12-15,19H,3-4,11,16-18H2,1-2H3,(H,30,31,33,34)(H3,28,29,32,35,36);1-6,8-11,14H,7,12-13H2,(H2,25,26,28,31)(H,27,29,30,32);1-4H2;1-4H2;1,3H;1H4;;;/q;;;;;;2*+1;-1/p-1. The summed E-state index contributed by atoms with van der Waals surface area (Å²) in [5, 5.41) is 31.8. The number of carbonyl (C=O) groups is 1. The van der Waals surface area contributed by atoms with Crippen LogP contribution in [0.25, 0.3) is 0 Å². The summed E-state index contributed by atoms with van der Waals surface area (Å²) < 4.78 is 4.94. The number of nitrogens with two attached hydrogens (primary N) is 2. The molecule has 27 heteroatoms. The topological polar surface area (TPSA) is 324 Å². The Bertz CT molecular complexity index is 2900. The Hall–Kier alpha value is -5.18. The van der Waals surface area contributed by atoms with Gasteiger partial charge in [0.15, 0.2) is 0 Å². The van der Waals surface area contributed by atoms with Gasteiger partial charge in [0.1, 0.15) is 40.1 Å². The van der Waals surface area contributed by atoms with Crippen molar-refractivity contribution in [1.29, 1.82) is 0 Å². The number of nitrogens with zero attached hydrogens (tertiary/aromatic N) is 10. The molecule has 4 aromatic heterocycles. The Kier molecular flexibility index (Phi) is 41.1. The fourth-order valence-corrected chi connectivity index (χ4v) is 7.30.